The second kappa shape index (κ2) is 10.2. The van der Waals surface area contributed by atoms with Crippen molar-refractivity contribution in [2.75, 3.05) is 7.11 Å². The van der Waals surface area contributed by atoms with Gasteiger partial charge in [0.1, 0.15) is 11.6 Å². The van der Waals surface area contributed by atoms with Gasteiger partial charge >= 0.3 is 5.97 Å². The maximum atomic E-state index is 12.3. The van der Waals surface area contributed by atoms with Gasteiger partial charge in [0.15, 0.2) is 17.2 Å². The average molecular weight is 510 g/mol. The van der Waals surface area contributed by atoms with E-state index in [-0.39, 0.29) is 40.2 Å². The number of hydrogen-bond donors (Lipinski definition) is 0. The van der Waals surface area contributed by atoms with Gasteiger partial charge in [0.05, 0.1) is 17.0 Å². The molecule has 12 heteroatoms. The lowest BCUT2D eigenvalue weighted by Gasteiger charge is -2.11. The van der Waals surface area contributed by atoms with Crippen LogP contribution in [0.4, 0.5) is 11.4 Å². The van der Waals surface area contributed by atoms with E-state index in [1.165, 1.54) is 43.5 Å². The number of rotatable bonds is 8. The Hall–Kier alpha value is -4.77. The molecule has 0 bridgehead atoms. The van der Waals surface area contributed by atoms with E-state index in [1.54, 1.807) is 30.3 Å². The van der Waals surface area contributed by atoms with Crippen LogP contribution in [0.5, 0.6) is 11.5 Å². The molecule has 1 aliphatic rings. The van der Waals surface area contributed by atoms with E-state index in [0.717, 1.165) is 0 Å². The Balaban J connectivity index is 1.55. The van der Waals surface area contributed by atoms with Gasteiger partial charge in [0, 0.05) is 23.8 Å². The smallest absolute Gasteiger partial charge is 0.363 e. The molecule has 0 aromatic heterocycles. The Morgan fingerprint density at radius 2 is 1.83 bits per heavy atom. The quantitative estimate of drug-likeness (QED) is 0.177. The number of halogens is 1. The van der Waals surface area contributed by atoms with Crippen molar-refractivity contribution in [3.8, 4) is 11.5 Å². The second-order valence-corrected chi connectivity index (χ2v) is 7.79. The third-order valence-electron chi connectivity index (χ3n) is 5.02. The van der Waals surface area contributed by atoms with Crippen LogP contribution in [0.15, 0.2) is 71.4 Å². The number of methoxy groups -OCH3 is 1. The fraction of sp³-hybridized carbons (Fsp3) is 0.0833. The number of nitro groups is 2. The zero-order chi connectivity index (χ0) is 25.8. The van der Waals surface area contributed by atoms with Crippen LogP contribution in [0.1, 0.15) is 16.7 Å². The van der Waals surface area contributed by atoms with E-state index < -0.39 is 15.8 Å². The molecule has 1 heterocycles. The fourth-order valence-electron chi connectivity index (χ4n) is 3.29. The molecule has 0 saturated carbocycles. The van der Waals surface area contributed by atoms with Crippen LogP contribution in [-0.2, 0) is 16.1 Å². The van der Waals surface area contributed by atoms with E-state index in [2.05, 4.69) is 4.99 Å². The number of ether oxygens (including phenoxy) is 3. The standard InChI is InChI=1S/C24H16ClN3O8/c1-34-22-11-14(5-8-21(22)35-13-15-3-2-4-17(9-15)27(30)31)10-19-24(29)36-23(26-19)16-6-7-18(25)20(12-16)28(32)33/h2-12H,13H2,1H3/b19-10-. The first kappa shape index (κ1) is 24.4. The average Bonchev–Trinajstić information content (AvgIpc) is 3.23. The van der Waals surface area contributed by atoms with Crippen LogP contribution >= 0.6 is 11.6 Å². The van der Waals surface area contributed by atoms with Crippen LogP contribution in [0.25, 0.3) is 6.08 Å². The van der Waals surface area contributed by atoms with Crippen LogP contribution < -0.4 is 9.47 Å². The van der Waals surface area contributed by atoms with Crippen LogP contribution in [0.2, 0.25) is 5.02 Å². The molecule has 0 N–H and O–H groups in total. The van der Waals surface area contributed by atoms with Gasteiger partial charge in [0.25, 0.3) is 11.4 Å². The van der Waals surface area contributed by atoms with E-state index in [4.69, 9.17) is 25.8 Å². The normalized spacial score (nSPS) is 13.8. The van der Waals surface area contributed by atoms with E-state index in [9.17, 15) is 25.0 Å². The van der Waals surface area contributed by atoms with Crippen molar-refractivity contribution < 1.29 is 28.9 Å². The molecule has 0 aliphatic carbocycles. The van der Waals surface area contributed by atoms with Crippen molar-refractivity contribution in [1.29, 1.82) is 0 Å². The number of cyclic esters (lactones) is 1. The summed E-state index contributed by atoms with van der Waals surface area (Å²) in [6.07, 6.45) is 1.46. The predicted molar refractivity (Wildman–Crippen MR) is 129 cm³/mol. The zero-order valence-electron chi connectivity index (χ0n) is 18.5. The Bertz CT molecular complexity index is 1450. The molecule has 0 atom stereocenters. The highest BCUT2D eigenvalue weighted by molar-refractivity contribution is 6.32. The van der Waals surface area contributed by atoms with Gasteiger partial charge in [0.2, 0.25) is 5.90 Å². The largest absolute Gasteiger partial charge is 0.493 e. The lowest BCUT2D eigenvalue weighted by Crippen LogP contribution is -2.06. The molecule has 0 saturated heterocycles. The van der Waals surface area contributed by atoms with Gasteiger partial charge in [-0.1, -0.05) is 29.8 Å². The molecule has 11 nitrogen and oxygen atoms in total. The summed E-state index contributed by atoms with van der Waals surface area (Å²) in [7, 11) is 1.44. The molecular weight excluding hydrogens is 494 g/mol. The van der Waals surface area contributed by atoms with Crippen molar-refractivity contribution in [2.45, 2.75) is 6.61 Å². The summed E-state index contributed by atoms with van der Waals surface area (Å²) in [5.41, 5.74) is 0.988. The first-order valence-electron chi connectivity index (χ1n) is 10.3. The SMILES string of the molecule is COc1cc(/C=C2\N=C(c3ccc(Cl)c([N+](=O)[O-])c3)OC2=O)ccc1OCc1cccc([N+](=O)[O-])c1. The van der Waals surface area contributed by atoms with Gasteiger partial charge in [-0.3, -0.25) is 20.2 Å². The van der Waals surface area contributed by atoms with Crippen molar-refractivity contribution in [2.24, 2.45) is 4.99 Å². The number of benzene rings is 3. The topological polar surface area (TPSA) is 143 Å². The fourth-order valence-corrected chi connectivity index (χ4v) is 3.48. The number of esters is 1. The van der Waals surface area contributed by atoms with Crippen molar-refractivity contribution in [1.82, 2.24) is 0 Å². The lowest BCUT2D eigenvalue weighted by atomic mass is 10.1. The minimum atomic E-state index is -0.729. The number of carbonyl (C=O) groups is 1. The molecule has 0 amide bonds. The predicted octanol–water partition coefficient (Wildman–Crippen LogP) is 5.09. The van der Waals surface area contributed by atoms with Gasteiger partial charge in [-0.25, -0.2) is 9.79 Å². The second-order valence-electron chi connectivity index (χ2n) is 7.39. The Labute approximate surface area is 208 Å². The Kier molecular flexibility index (Phi) is 6.93. The molecule has 36 heavy (non-hydrogen) atoms. The molecule has 0 radical (unpaired) electrons. The number of nitrogens with zero attached hydrogens (tertiary/aromatic N) is 3. The van der Waals surface area contributed by atoms with E-state index in [0.29, 0.717) is 22.6 Å². The first-order chi connectivity index (χ1) is 17.2. The number of aliphatic imine (C=N–C) groups is 1. The van der Waals surface area contributed by atoms with Gasteiger partial charge < -0.3 is 14.2 Å². The van der Waals surface area contributed by atoms with Crippen molar-refractivity contribution in [3.63, 3.8) is 0 Å². The molecule has 1 aliphatic heterocycles. The monoisotopic (exact) mass is 509 g/mol. The zero-order valence-corrected chi connectivity index (χ0v) is 19.3. The molecular formula is C24H16ClN3O8. The van der Waals surface area contributed by atoms with Gasteiger partial charge in [-0.05, 0) is 41.5 Å². The summed E-state index contributed by atoms with van der Waals surface area (Å²) in [5, 5.41) is 22.0. The molecule has 0 fully saturated rings. The molecule has 3 aromatic rings. The van der Waals surface area contributed by atoms with Crippen LogP contribution in [0.3, 0.4) is 0 Å². The third-order valence-corrected chi connectivity index (χ3v) is 5.34. The highest BCUT2D eigenvalue weighted by Crippen LogP contribution is 2.31. The minimum Gasteiger partial charge on any atom is -0.493 e. The summed E-state index contributed by atoms with van der Waals surface area (Å²) in [6.45, 7) is 0.0751. The molecule has 0 spiro atoms. The molecule has 3 aromatic carbocycles. The highest BCUT2D eigenvalue weighted by Gasteiger charge is 2.26. The maximum absolute atomic E-state index is 12.3. The number of hydrogen-bond acceptors (Lipinski definition) is 9. The number of non-ortho nitro benzene ring substituents is 1. The van der Waals surface area contributed by atoms with Crippen LogP contribution in [0, 0.1) is 20.2 Å². The third kappa shape index (κ3) is 5.31. The summed E-state index contributed by atoms with van der Waals surface area (Å²) >= 11 is 5.83. The summed E-state index contributed by atoms with van der Waals surface area (Å²) < 4.78 is 16.3. The Morgan fingerprint density at radius 3 is 2.56 bits per heavy atom. The molecule has 4 rings (SSSR count). The highest BCUT2D eigenvalue weighted by atomic mass is 35.5. The van der Waals surface area contributed by atoms with Gasteiger partial charge in [-0.2, -0.15) is 0 Å². The summed E-state index contributed by atoms with van der Waals surface area (Å²) in [6, 6.07) is 14.9. The van der Waals surface area contributed by atoms with E-state index in [1.807, 2.05) is 0 Å². The first-order valence-corrected chi connectivity index (χ1v) is 10.6. The van der Waals surface area contributed by atoms with Crippen molar-refractivity contribution in [3.05, 3.63) is 108 Å². The maximum Gasteiger partial charge on any atom is 0.363 e. The molecule has 182 valence electrons. The van der Waals surface area contributed by atoms with Crippen LogP contribution in [-0.4, -0.2) is 28.8 Å². The van der Waals surface area contributed by atoms with Gasteiger partial charge in [-0.15, -0.1) is 0 Å². The Morgan fingerprint density at radius 1 is 1.03 bits per heavy atom. The number of nitro benzene ring substituents is 2. The summed E-state index contributed by atoms with van der Waals surface area (Å²) in [5.74, 6) is -0.0704. The van der Waals surface area contributed by atoms with E-state index >= 15 is 0 Å². The lowest BCUT2D eigenvalue weighted by molar-refractivity contribution is -0.385. The number of carbonyl (C=O) groups excluding carboxylic acids is 1. The van der Waals surface area contributed by atoms with Crippen molar-refractivity contribution >= 4 is 40.9 Å². The minimum absolute atomic E-state index is 0.0186. The summed E-state index contributed by atoms with van der Waals surface area (Å²) in [4.78, 5) is 37.4. The molecule has 0 unspecified atom stereocenters.